The molecule has 0 saturated heterocycles. The molecule has 0 radical (unpaired) electrons. The lowest BCUT2D eigenvalue weighted by molar-refractivity contribution is -0.117. The summed E-state index contributed by atoms with van der Waals surface area (Å²) < 4.78 is 17.8. The number of aromatic carboxylic acids is 1. The fraction of sp³-hybridized carbons (Fsp3) is 0.263. The number of benzene rings is 2. The molecule has 2 aromatic carbocycles. The first-order valence-electron chi connectivity index (χ1n) is 8.34. The van der Waals surface area contributed by atoms with E-state index >= 15 is 0 Å². The highest BCUT2D eigenvalue weighted by Crippen LogP contribution is 2.28. The van der Waals surface area contributed by atoms with Gasteiger partial charge in [-0.1, -0.05) is 35.4 Å². The van der Waals surface area contributed by atoms with E-state index in [1.807, 2.05) is 30.3 Å². The molecule has 2 unspecified atom stereocenters. The summed E-state index contributed by atoms with van der Waals surface area (Å²) in [6, 6.07) is 14.6. The highest BCUT2D eigenvalue weighted by atomic mass is 31.1. The summed E-state index contributed by atoms with van der Waals surface area (Å²) in [6.45, 7) is 1.60. The summed E-state index contributed by atoms with van der Waals surface area (Å²) in [5.74, 6) is -1.98. The van der Waals surface area contributed by atoms with Crippen LogP contribution in [0.3, 0.4) is 0 Å². The van der Waals surface area contributed by atoms with Crippen LogP contribution in [0.15, 0.2) is 54.6 Å². The molecule has 7 nitrogen and oxygen atoms in total. The molecule has 3 N–H and O–H groups in total. The molecule has 2 aromatic rings. The van der Waals surface area contributed by atoms with E-state index in [1.165, 1.54) is 31.4 Å². The van der Waals surface area contributed by atoms with Crippen LogP contribution in [0.25, 0.3) is 0 Å². The highest BCUT2D eigenvalue weighted by Gasteiger charge is 2.34. The molecule has 3 atom stereocenters. The maximum absolute atomic E-state index is 12.5. The third kappa shape index (κ3) is 6.25. The Morgan fingerprint density at radius 1 is 1.11 bits per heavy atom. The van der Waals surface area contributed by atoms with Gasteiger partial charge < -0.3 is 15.2 Å². The smallest absolute Gasteiger partial charge is 0.465 e. The van der Waals surface area contributed by atoms with Crippen molar-refractivity contribution in [3.05, 3.63) is 65.7 Å². The first kappa shape index (κ1) is 20.7. The number of methoxy groups -OCH3 is 1. The Morgan fingerprint density at radius 3 is 2.30 bits per heavy atom. The van der Waals surface area contributed by atoms with Gasteiger partial charge in [-0.15, -0.1) is 0 Å². The van der Waals surface area contributed by atoms with Crippen molar-refractivity contribution in [2.45, 2.75) is 25.2 Å². The van der Waals surface area contributed by atoms with Gasteiger partial charge in [0.25, 0.3) is 5.85 Å². The van der Waals surface area contributed by atoms with E-state index < -0.39 is 25.8 Å². The number of hydrogen-bond acceptors (Lipinski definition) is 4. The molecule has 0 aliphatic heterocycles. The van der Waals surface area contributed by atoms with Crippen molar-refractivity contribution < 1.29 is 24.0 Å². The summed E-state index contributed by atoms with van der Waals surface area (Å²) in [5.41, 5.74) is 1.58. The SMILES string of the molecule is CO[C@H](Cc1ccccc1)[P+](=O)NC(C)C(=O)Nc1ccc(C(=O)O)cc1. The van der Waals surface area contributed by atoms with Crippen LogP contribution < -0.4 is 10.4 Å². The first-order valence-corrected chi connectivity index (χ1v) is 9.67. The van der Waals surface area contributed by atoms with Gasteiger partial charge in [0, 0.05) is 19.2 Å². The molecule has 2 rings (SSSR count). The topological polar surface area (TPSA) is 105 Å². The molecule has 142 valence electrons. The number of carbonyl (C=O) groups excluding carboxylic acids is 1. The van der Waals surface area contributed by atoms with E-state index in [4.69, 9.17) is 9.84 Å². The van der Waals surface area contributed by atoms with Gasteiger partial charge in [0.15, 0.2) is 0 Å². The van der Waals surface area contributed by atoms with Crippen LogP contribution >= 0.6 is 7.95 Å². The molecule has 0 aliphatic rings. The fourth-order valence-corrected chi connectivity index (χ4v) is 3.59. The molecule has 0 bridgehead atoms. The van der Waals surface area contributed by atoms with Crippen LogP contribution in [0.4, 0.5) is 5.69 Å². The number of hydrogen-bond donors (Lipinski definition) is 3. The minimum absolute atomic E-state index is 0.131. The zero-order valence-corrected chi connectivity index (χ0v) is 16.0. The van der Waals surface area contributed by atoms with Crippen LogP contribution in [0.5, 0.6) is 0 Å². The Balaban J connectivity index is 1.91. The van der Waals surface area contributed by atoms with Crippen molar-refractivity contribution in [1.29, 1.82) is 0 Å². The normalized spacial score (nSPS) is 13.5. The number of nitrogens with one attached hydrogen (secondary N) is 2. The van der Waals surface area contributed by atoms with Crippen molar-refractivity contribution in [3.63, 3.8) is 0 Å². The lowest BCUT2D eigenvalue weighted by Gasteiger charge is -2.11. The molecule has 0 heterocycles. The summed E-state index contributed by atoms with van der Waals surface area (Å²) >= 11 is 0. The second kappa shape index (κ2) is 9.92. The number of carboxylic acids is 1. The van der Waals surface area contributed by atoms with Crippen molar-refractivity contribution in [2.75, 3.05) is 12.4 Å². The third-order valence-electron chi connectivity index (χ3n) is 3.90. The van der Waals surface area contributed by atoms with Crippen molar-refractivity contribution in [1.82, 2.24) is 5.09 Å². The van der Waals surface area contributed by atoms with Gasteiger partial charge in [-0.2, -0.15) is 0 Å². The predicted octanol–water partition coefficient (Wildman–Crippen LogP) is 3.26. The van der Waals surface area contributed by atoms with Crippen molar-refractivity contribution in [2.24, 2.45) is 0 Å². The Morgan fingerprint density at radius 2 is 1.74 bits per heavy atom. The number of carboxylic acid groups (broad SMARTS) is 1. The second-order valence-corrected chi connectivity index (χ2v) is 7.41. The second-order valence-electron chi connectivity index (χ2n) is 5.93. The Hall–Kier alpha value is -2.60. The van der Waals surface area contributed by atoms with Gasteiger partial charge in [0.05, 0.1) is 5.56 Å². The Labute approximate surface area is 158 Å². The van der Waals surface area contributed by atoms with E-state index in [2.05, 4.69) is 10.4 Å². The molecular formula is C19H22N2O5P+. The summed E-state index contributed by atoms with van der Waals surface area (Å²) in [4.78, 5) is 23.1. The average Bonchev–Trinajstić information content (AvgIpc) is 2.67. The molecular weight excluding hydrogens is 367 g/mol. The lowest BCUT2D eigenvalue weighted by Crippen LogP contribution is -2.36. The van der Waals surface area contributed by atoms with E-state index in [0.29, 0.717) is 12.1 Å². The van der Waals surface area contributed by atoms with E-state index in [0.717, 1.165) is 5.56 Å². The number of rotatable bonds is 9. The Bertz CT molecular complexity index is 796. The largest absolute Gasteiger partial charge is 0.478 e. The van der Waals surface area contributed by atoms with Crippen molar-refractivity contribution >= 4 is 25.5 Å². The highest BCUT2D eigenvalue weighted by molar-refractivity contribution is 7.43. The van der Waals surface area contributed by atoms with Crippen LogP contribution in [0.2, 0.25) is 0 Å². The maximum Gasteiger partial charge on any atom is 0.465 e. The van der Waals surface area contributed by atoms with E-state index in [-0.39, 0.29) is 11.5 Å². The summed E-state index contributed by atoms with van der Waals surface area (Å²) in [7, 11) is -0.505. The maximum atomic E-state index is 12.5. The number of anilines is 1. The number of amides is 1. The third-order valence-corrected chi connectivity index (χ3v) is 5.46. The molecule has 0 fully saturated rings. The minimum Gasteiger partial charge on any atom is -0.478 e. The first-order chi connectivity index (χ1) is 12.9. The van der Waals surface area contributed by atoms with Gasteiger partial charge in [-0.3, -0.25) is 4.79 Å². The molecule has 0 aliphatic carbocycles. The summed E-state index contributed by atoms with van der Waals surface area (Å²) in [6.07, 6.45) is 0.463. The number of carbonyl (C=O) groups is 2. The van der Waals surface area contributed by atoms with Gasteiger partial charge in [-0.05, 0) is 41.3 Å². The van der Waals surface area contributed by atoms with Crippen LogP contribution in [0.1, 0.15) is 22.8 Å². The molecule has 27 heavy (non-hydrogen) atoms. The lowest BCUT2D eigenvalue weighted by atomic mass is 10.2. The number of ether oxygens (including phenoxy) is 1. The quantitative estimate of drug-likeness (QED) is 0.569. The molecule has 8 heteroatoms. The fourth-order valence-electron chi connectivity index (χ4n) is 2.36. The zero-order chi connectivity index (χ0) is 19.8. The standard InChI is InChI=1S/C19H21N2O5P/c1-13(18(22)20-16-10-8-15(9-11-16)19(23)24)21-27(25)17(26-2)12-14-6-4-3-5-7-14/h3-11,13,17H,12H2,1-2H3,(H2-,20,21,22,23,24,25)/p+1/t13?,17-/m0/s1. The summed E-state index contributed by atoms with van der Waals surface area (Å²) in [5, 5.41) is 14.3. The monoisotopic (exact) mass is 389 g/mol. The van der Waals surface area contributed by atoms with E-state index in [1.54, 1.807) is 6.92 Å². The predicted molar refractivity (Wildman–Crippen MR) is 103 cm³/mol. The van der Waals surface area contributed by atoms with Gasteiger partial charge in [-0.25, -0.2) is 4.79 Å². The molecule has 0 aromatic heterocycles. The Kier molecular flexibility index (Phi) is 7.61. The molecule has 0 spiro atoms. The minimum atomic E-state index is -1.99. The average molecular weight is 389 g/mol. The zero-order valence-electron chi connectivity index (χ0n) is 15.1. The van der Waals surface area contributed by atoms with Crippen LogP contribution in [-0.2, 0) is 20.5 Å². The molecule has 0 saturated carbocycles. The van der Waals surface area contributed by atoms with Gasteiger partial charge in [0.1, 0.15) is 6.04 Å². The molecule has 1 amide bonds. The van der Waals surface area contributed by atoms with Crippen LogP contribution in [-0.4, -0.2) is 36.0 Å². The van der Waals surface area contributed by atoms with Crippen LogP contribution in [0, 0.1) is 0 Å². The van der Waals surface area contributed by atoms with Gasteiger partial charge in [0.2, 0.25) is 5.91 Å². The van der Waals surface area contributed by atoms with E-state index in [9.17, 15) is 14.2 Å². The van der Waals surface area contributed by atoms with Gasteiger partial charge >= 0.3 is 13.9 Å². The van der Waals surface area contributed by atoms with Crippen molar-refractivity contribution in [3.8, 4) is 0 Å².